The summed E-state index contributed by atoms with van der Waals surface area (Å²) in [6.07, 6.45) is 0. The predicted molar refractivity (Wildman–Crippen MR) is 53.9 cm³/mol. The van der Waals surface area contributed by atoms with Crippen LogP contribution in [0.2, 0.25) is 0 Å². The summed E-state index contributed by atoms with van der Waals surface area (Å²) in [6.45, 7) is -4.69. The number of rotatable bonds is 3. The first kappa shape index (κ1) is 11.0. The van der Waals surface area contributed by atoms with E-state index in [0.29, 0.717) is 4.90 Å². The van der Waals surface area contributed by atoms with E-state index in [1.54, 1.807) is 24.3 Å². The summed E-state index contributed by atoms with van der Waals surface area (Å²) in [7, 11) is 0. The minimum atomic E-state index is -4.69. The largest absolute Gasteiger partial charge is 0.488 e. The quantitative estimate of drug-likeness (QED) is 0.592. The number of thioether (sulfide) groups is 1. The Balaban J connectivity index is 2.51. The highest BCUT2D eigenvalue weighted by molar-refractivity contribution is 9.10. The van der Waals surface area contributed by atoms with Crippen LogP contribution in [0.15, 0.2) is 33.6 Å². The molecule has 0 saturated heterocycles. The highest BCUT2D eigenvalue weighted by Crippen LogP contribution is 2.25. The highest BCUT2D eigenvalue weighted by Gasteiger charge is 2.22. The summed E-state index contributed by atoms with van der Waals surface area (Å²) in [5.74, 6) is 0. The number of benzene rings is 1. The lowest BCUT2D eigenvalue weighted by molar-refractivity contribution is 0.485. The molecule has 1 aromatic rings. The van der Waals surface area contributed by atoms with Gasteiger partial charge < -0.3 is 12.9 Å². The Morgan fingerprint density at radius 1 is 1.15 bits per heavy atom. The number of halogens is 4. The van der Waals surface area contributed by atoms with E-state index in [1.165, 1.54) is 0 Å². The summed E-state index contributed by atoms with van der Waals surface area (Å²) < 4.78 is 36.4. The molecule has 0 spiro atoms. The average Bonchev–Trinajstić information content (AvgIpc) is 2.02. The number of hydrogen-bond acceptors (Lipinski definition) is 1. The smallest absolute Gasteiger partial charge is 0.448 e. The van der Waals surface area contributed by atoms with Gasteiger partial charge in [0.25, 0.3) is 0 Å². The van der Waals surface area contributed by atoms with Crippen LogP contribution in [-0.4, -0.2) is 12.6 Å². The molecule has 0 atom stereocenters. The summed E-state index contributed by atoms with van der Waals surface area (Å²) in [6, 6.07) is 6.78. The fourth-order valence-electron chi connectivity index (χ4n) is 0.722. The van der Waals surface area contributed by atoms with Crippen LogP contribution in [0.3, 0.4) is 0 Å². The molecule has 0 radical (unpaired) electrons. The van der Waals surface area contributed by atoms with Gasteiger partial charge in [0.2, 0.25) is 0 Å². The third-order valence-electron chi connectivity index (χ3n) is 1.25. The maximum Gasteiger partial charge on any atom is 0.488 e. The van der Waals surface area contributed by atoms with Crippen molar-refractivity contribution in [3.63, 3.8) is 0 Å². The van der Waals surface area contributed by atoms with Gasteiger partial charge in [-0.15, -0.1) is 0 Å². The Morgan fingerprint density at radius 2 is 1.69 bits per heavy atom. The zero-order valence-electron chi connectivity index (χ0n) is 6.51. The summed E-state index contributed by atoms with van der Waals surface area (Å²) in [4.78, 5) is 0.641. The van der Waals surface area contributed by atoms with Gasteiger partial charge in [0, 0.05) is 9.37 Å². The molecule has 0 heterocycles. The zero-order valence-corrected chi connectivity index (χ0v) is 8.92. The van der Waals surface area contributed by atoms with Gasteiger partial charge in [-0.3, -0.25) is 0 Å². The first-order valence-electron chi connectivity index (χ1n) is 3.57. The molecule has 0 fully saturated rings. The van der Waals surface area contributed by atoms with E-state index in [1.807, 2.05) is 0 Å². The van der Waals surface area contributed by atoms with Crippen LogP contribution < -0.4 is 0 Å². The lowest BCUT2D eigenvalue weighted by Crippen LogP contribution is -2.18. The maximum absolute atomic E-state index is 11.9. The van der Waals surface area contributed by atoms with Crippen molar-refractivity contribution in [1.82, 2.24) is 0 Å². The van der Waals surface area contributed by atoms with Crippen LogP contribution in [0.5, 0.6) is 0 Å². The van der Waals surface area contributed by atoms with Crippen molar-refractivity contribution in [3.8, 4) is 0 Å². The van der Waals surface area contributed by atoms with Crippen molar-refractivity contribution in [2.75, 3.05) is 5.65 Å². The van der Waals surface area contributed by atoms with E-state index in [-0.39, 0.29) is 0 Å². The van der Waals surface area contributed by atoms with Gasteiger partial charge in [-0.1, -0.05) is 15.9 Å². The number of hydrogen-bond donors (Lipinski definition) is 0. The van der Waals surface area contributed by atoms with Crippen LogP contribution in [0.4, 0.5) is 12.9 Å². The molecule has 1 rings (SSSR count). The molecule has 0 amide bonds. The molecule has 0 aromatic heterocycles. The van der Waals surface area contributed by atoms with E-state index in [0.717, 1.165) is 16.2 Å². The Bertz CT molecular complexity index is 272. The van der Waals surface area contributed by atoms with Gasteiger partial charge in [0.1, 0.15) is 0 Å². The standard InChI is InChI=1S/C7H6BBrF3S/c9-6-1-3-7(4-2-6)13-5-8(10,11)12/h1-4H,5H2/q-1. The van der Waals surface area contributed by atoms with Crippen molar-refractivity contribution in [2.45, 2.75) is 4.90 Å². The molecule has 0 aliphatic rings. The Labute approximate surface area is 87.1 Å². The lowest BCUT2D eigenvalue weighted by atomic mass is 9.98. The predicted octanol–water partition coefficient (Wildman–Crippen LogP) is 3.93. The van der Waals surface area contributed by atoms with Crippen LogP contribution in [0.1, 0.15) is 0 Å². The summed E-state index contributed by atoms with van der Waals surface area (Å²) in [5.41, 5.74) is -0.776. The molecule has 1 aromatic carbocycles. The second kappa shape index (κ2) is 4.42. The second-order valence-corrected chi connectivity index (χ2v) is 4.48. The van der Waals surface area contributed by atoms with Crippen molar-refractivity contribution >= 4 is 34.7 Å². The van der Waals surface area contributed by atoms with Gasteiger partial charge in [-0.25, -0.2) is 0 Å². The summed E-state index contributed by atoms with van der Waals surface area (Å²) >= 11 is 4.03. The monoisotopic (exact) mass is 269 g/mol. The topological polar surface area (TPSA) is 0 Å². The van der Waals surface area contributed by atoms with E-state index < -0.39 is 12.6 Å². The fraction of sp³-hybridized carbons (Fsp3) is 0.143. The van der Waals surface area contributed by atoms with Crippen LogP contribution in [0.25, 0.3) is 0 Å². The minimum absolute atomic E-state index is 0.641. The fourth-order valence-corrected chi connectivity index (χ4v) is 1.70. The van der Waals surface area contributed by atoms with Gasteiger partial charge in [0.15, 0.2) is 0 Å². The molecule has 0 N–H and O–H groups in total. The van der Waals surface area contributed by atoms with Crippen molar-refractivity contribution in [3.05, 3.63) is 28.7 Å². The molecular weight excluding hydrogens is 264 g/mol. The third kappa shape index (κ3) is 4.62. The second-order valence-electron chi connectivity index (χ2n) is 2.48. The van der Waals surface area contributed by atoms with Crippen LogP contribution in [-0.2, 0) is 0 Å². The van der Waals surface area contributed by atoms with E-state index >= 15 is 0 Å². The molecule has 13 heavy (non-hydrogen) atoms. The first-order valence-corrected chi connectivity index (χ1v) is 5.34. The van der Waals surface area contributed by atoms with Gasteiger partial charge in [0.05, 0.1) is 0 Å². The van der Waals surface area contributed by atoms with Crippen LogP contribution >= 0.6 is 27.7 Å². The molecule has 0 nitrogen and oxygen atoms in total. The Hall–Kier alpha value is -0.0951. The minimum Gasteiger partial charge on any atom is -0.448 e. The van der Waals surface area contributed by atoms with E-state index in [4.69, 9.17) is 0 Å². The van der Waals surface area contributed by atoms with Gasteiger partial charge >= 0.3 is 6.98 Å². The van der Waals surface area contributed by atoms with E-state index in [2.05, 4.69) is 15.9 Å². The SMILES string of the molecule is F[B-](F)(F)CSc1ccc(Br)cc1. The average molecular weight is 270 g/mol. The Morgan fingerprint density at radius 3 is 2.15 bits per heavy atom. The first-order chi connectivity index (χ1) is 5.97. The maximum atomic E-state index is 11.9. The van der Waals surface area contributed by atoms with Crippen LogP contribution in [0, 0.1) is 0 Å². The molecule has 72 valence electrons. The molecule has 0 bridgehead atoms. The summed E-state index contributed by atoms with van der Waals surface area (Å²) in [5, 5.41) is 0. The third-order valence-corrected chi connectivity index (χ3v) is 2.93. The van der Waals surface area contributed by atoms with Crippen molar-refractivity contribution < 1.29 is 12.9 Å². The van der Waals surface area contributed by atoms with Crippen molar-refractivity contribution in [1.29, 1.82) is 0 Å². The van der Waals surface area contributed by atoms with Crippen molar-refractivity contribution in [2.24, 2.45) is 0 Å². The molecule has 0 aliphatic carbocycles. The lowest BCUT2D eigenvalue weighted by Gasteiger charge is -2.12. The molecule has 0 unspecified atom stereocenters. The van der Waals surface area contributed by atoms with E-state index in [9.17, 15) is 12.9 Å². The highest BCUT2D eigenvalue weighted by atomic mass is 79.9. The van der Waals surface area contributed by atoms with Gasteiger partial charge in [-0.2, -0.15) is 11.8 Å². The normalized spacial score (nSPS) is 11.7. The molecular formula is C7H6BBrF3S-. The molecule has 0 saturated carbocycles. The Kier molecular flexibility index (Phi) is 3.73. The zero-order chi connectivity index (χ0) is 9.90. The molecule has 6 heteroatoms. The van der Waals surface area contributed by atoms with Gasteiger partial charge in [-0.05, 0) is 29.9 Å². The molecule has 0 aliphatic heterocycles.